The van der Waals surface area contributed by atoms with Crippen LogP contribution < -0.4 is 4.74 Å². The molecule has 1 aromatic rings. The van der Waals surface area contributed by atoms with Crippen LogP contribution in [-0.4, -0.2) is 12.4 Å². The number of ether oxygens (including phenoxy) is 1. The van der Waals surface area contributed by atoms with Crippen LogP contribution in [-0.2, 0) is 4.79 Å². The molecule has 0 saturated heterocycles. The normalized spacial score (nSPS) is 25.7. The minimum absolute atomic E-state index is 0.0677. The summed E-state index contributed by atoms with van der Waals surface area (Å²) in [5.74, 6) is 1.35. The smallest absolute Gasteiger partial charge is 0.124 e. The average molecular weight is 232 g/mol. The molecule has 2 atom stereocenters. The molecule has 92 valence electrons. The number of rotatable bonds is 4. The number of carbonyl (C=O) groups is 1. The summed E-state index contributed by atoms with van der Waals surface area (Å²) in [7, 11) is 0. The highest BCUT2D eigenvalue weighted by molar-refractivity contribution is 5.66. The van der Waals surface area contributed by atoms with Gasteiger partial charge < -0.3 is 9.53 Å². The maximum atomic E-state index is 11.1. The first-order chi connectivity index (χ1) is 7.98. The third-order valence-corrected chi connectivity index (χ3v) is 3.67. The summed E-state index contributed by atoms with van der Waals surface area (Å²) in [6, 6.07) is 8.06. The number of carbonyl (C=O) groups excluding carboxylic acids is 1. The van der Waals surface area contributed by atoms with Gasteiger partial charge in [-0.3, -0.25) is 0 Å². The molecule has 1 aliphatic rings. The van der Waals surface area contributed by atoms with Crippen molar-refractivity contribution in [2.45, 2.75) is 39.7 Å². The van der Waals surface area contributed by atoms with E-state index in [0.29, 0.717) is 5.92 Å². The van der Waals surface area contributed by atoms with Gasteiger partial charge in [0.1, 0.15) is 12.0 Å². The summed E-state index contributed by atoms with van der Waals surface area (Å²) in [6.07, 6.45) is 1.24. The first kappa shape index (κ1) is 12.2. The topological polar surface area (TPSA) is 26.3 Å². The molecule has 0 aromatic heterocycles. The van der Waals surface area contributed by atoms with E-state index in [1.807, 2.05) is 32.0 Å². The average Bonchev–Trinajstić information content (AvgIpc) is 2.80. The van der Waals surface area contributed by atoms with E-state index >= 15 is 0 Å². The highest BCUT2D eigenvalue weighted by Crippen LogP contribution is 2.64. The Morgan fingerprint density at radius 3 is 2.47 bits per heavy atom. The van der Waals surface area contributed by atoms with E-state index < -0.39 is 0 Å². The second-order valence-electron chi connectivity index (χ2n) is 5.67. The van der Waals surface area contributed by atoms with E-state index in [4.69, 9.17) is 4.74 Å². The van der Waals surface area contributed by atoms with Crippen LogP contribution in [0, 0.1) is 11.3 Å². The summed E-state index contributed by atoms with van der Waals surface area (Å²) >= 11 is 0. The molecule has 0 radical (unpaired) electrons. The highest BCUT2D eigenvalue weighted by atomic mass is 16.5. The molecule has 1 saturated carbocycles. The lowest BCUT2D eigenvalue weighted by molar-refractivity contribution is -0.109. The van der Waals surface area contributed by atoms with Gasteiger partial charge in [-0.2, -0.15) is 0 Å². The van der Waals surface area contributed by atoms with Crippen molar-refractivity contribution in [2.24, 2.45) is 11.3 Å². The second kappa shape index (κ2) is 4.17. The maximum absolute atomic E-state index is 11.1. The first-order valence-electron chi connectivity index (χ1n) is 6.19. The Hall–Kier alpha value is -1.31. The number of benzene rings is 1. The van der Waals surface area contributed by atoms with Gasteiger partial charge in [-0.05, 0) is 30.9 Å². The Morgan fingerprint density at radius 2 is 1.94 bits per heavy atom. The van der Waals surface area contributed by atoms with E-state index in [1.54, 1.807) is 0 Å². The molecule has 0 heterocycles. The molecular weight excluding hydrogens is 212 g/mol. The fourth-order valence-corrected chi connectivity index (χ4v) is 2.62. The third-order valence-electron chi connectivity index (χ3n) is 3.67. The fourth-order valence-electron chi connectivity index (χ4n) is 2.62. The summed E-state index contributed by atoms with van der Waals surface area (Å²) in [4.78, 5) is 11.1. The van der Waals surface area contributed by atoms with Crippen LogP contribution in [0.25, 0.3) is 0 Å². The van der Waals surface area contributed by atoms with Gasteiger partial charge in [0, 0.05) is 11.8 Å². The Labute approximate surface area is 103 Å². The molecular formula is C15H20O2. The number of aldehydes is 1. The highest BCUT2D eigenvalue weighted by Gasteiger charge is 2.59. The maximum Gasteiger partial charge on any atom is 0.124 e. The molecule has 0 spiro atoms. The Morgan fingerprint density at radius 1 is 1.29 bits per heavy atom. The van der Waals surface area contributed by atoms with Crippen LogP contribution in [0.4, 0.5) is 0 Å². The molecule has 0 bridgehead atoms. The molecule has 2 rings (SSSR count). The van der Waals surface area contributed by atoms with Gasteiger partial charge in [-0.1, -0.05) is 32.0 Å². The van der Waals surface area contributed by atoms with Crippen molar-refractivity contribution < 1.29 is 9.53 Å². The zero-order valence-corrected chi connectivity index (χ0v) is 10.9. The zero-order valence-electron chi connectivity index (χ0n) is 10.9. The van der Waals surface area contributed by atoms with Crippen molar-refractivity contribution in [2.75, 3.05) is 0 Å². The van der Waals surface area contributed by atoms with E-state index in [1.165, 1.54) is 5.56 Å². The van der Waals surface area contributed by atoms with Crippen molar-refractivity contribution in [1.82, 2.24) is 0 Å². The number of hydrogen-bond acceptors (Lipinski definition) is 2. The lowest BCUT2D eigenvalue weighted by Gasteiger charge is -2.14. The van der Waals surface area contributed by atoms with Crippen LogP contribution in [0.2, 0.25) is 0 Å². The monoisotopic (exact) mass is 232 g/mol. The van der Waals surface area contributed by atoms with Gasteiger partial charge in [0.25, 0.3) is 0 Å². The van der Waals surface area contributed by atoms with Crippen molar-refractivity contribution in [3.63, 3.8) is 0 Å². The lowest BCUT2D eigenvalue weighted by atomic mass is 10.0. The quantitative estimate of drug-likeness (QED) is 0.744. The van der Waals surface area contributed by atoms with E-state index in [-0.39, 0.29) is 17.4 Å². The minimum Gasteiger partial charge on any atom is -0.491 e. The van der Waals surface area contributed by atoms with Crippen LogP contribution in [0.5, 0.6) is 5.75 Å². The molecule has 1 aromatic carbocycles. The predicted octanol–water partition coefficient (Wildman–Crippen LogP) is 3.41. The van der Waals surface area contributed by atoms with Crippen molar-refractivity contribution in [3.05, 3.63) is 29.8 Å². The first-order valence-corrected chi connectivity index (χ1v) is 6.19. The van der Waals surface area contributed by atoms with Gasteiger partial charge in [0.2, 0.25) is 0 Å². The molecule has 1 aliphatic carbocycles. The molecule has 2 unspecified atom stereocenters. The number of hydrogen-bond donors (Lipinski definition) is 0. The summed E-state index contributed by atoms with van der Waals surface area (Å²) in [5, 5.41) is 0. The summed E-state index contributed by atoms with van der Waals surface area (Å²) < 4.78 is 5.82. The van der Waals surface area contributed by atoms with Crippen LogP contribution in [0.15, 0.2) is 24.3 Å². The molecule has 0 aliphatic heterocycles. The third kappa shape index (κ3) is 2.08. The van der Waals surface area contributed by atoms with Gasteiger partial charge in [0.05, 0.1) is 6.10 Å². The van der Waals surface area contributed by atoms with Crippen molar-refractivity contribution in [1.29, 1.82) is 0 Å². The van der Waals surface area contributed by atoms with Crippen LogP contribution >= 0.6 is 0 Å². The Bertz CT molecular complexity index is 421. The molecule has 0 N–H and O–H groups in total. The van der Waals surface area contributed by atoms with Gasteiger partial charge in [0.15, 0.2) is 0 Å². The standard InChI is InChI=1S/C15H20O2/c1-10(2)17-13-8-6-5-7-11(13)14-12(9-16)15(14,3)4/h5-10,12,14H,1-4H3. The van der Waals surface area contributed by atoms with Gasteiger partial charge >= 0.3 is 0 Å². The Kier molecular flexibility index (Phi) is 2.98. The second-order valence-corrected chi connectivity index (χ2v) is 5.67. The Balaban J connectivity index is 2.31. The zero-order chi connectivity index (χ0) is 12.6. The van der Waals surface area contributed by atoms with Crippen LogP contribution in [0.1, 0.15) is 39.2 Å². The largest absolute Gasteiger partial charge is 0.491 e. The molecule has 17 heavy (non-hydrogen) atoms. The molecule has 0 amide bonds. The number of para-hydroxylation sites is 1. The van der Waals surface area contributed by atoms with E-state index in [9.17, 15) is 4.79 Å². The van der Waals surface area contributed by atoms with Crippen molar-refractivity contribution >= 4 is 6.29 Å². The SMILES string of the molecule is CC(C)Oc1ccccc1C1C(C=O)C1(C)C. The fraction of sp³-hybridized carbons (Fsp3) is 0.533. The van der Waals surface area contributed by atoms with Gasteiger partial charge in [-0.25, -0.2) is 0 Å². The minimum atomic E-state index is 0.0677. The van der Waals surface area contributed by atoms with E-state index in [2.05, 4.69) is 19.9 Å². The summed E-state index contributed by atoms with van der Waals surface area (Å²) in [5.41, 5.74) is 1.24. The lowest BCUT2D eigenvalue weighted by Crippen LogP contribution is -2.07. The van der Waals surface area contributed by atoms with Crippen molar-refractivity contribution in [3.8, 4) is 5.75 Å². The molecule has 2 nitrogen and oxygen atoms in total. The van der Waals surface area contributed by atoms with E-state index in [0.717, 1.165) is 12.0 Å². The van der Waals surface area contributed by atoms with Gasteiger partial charge in [-0.15, -0.1) is 0 Å². The summed E-state index contributed by atoms with van der Waals surface area (Å²) in [6.45, 7) is 8.32. The van der Waals surface area contributed by atoms with Crippen LogP contribution in [0.3, 0.4) is 0 Å². The predicted molar refractivity (Wildman–Crippen MR) is 68.3 cm³/mol. The molecule has 1 fully saturated rings. The molecule has 2 heteroatoms.